The van der Waals surface area contributed by atoms with Crippen molar-refractivity contribution in [3.05, 3.63) is 33.8 Å². The quantitative estimate of drug-likeness (QED) is 0.892. The Kier molecular flexibility index (Phi) is 4.30. The number of carbonyl (C=O) groups is 1. The number of rotatable bonds is 2. The summed E-state index contributed by atoms with van der Waals surface area (Å²) >= 11 is 3.41. The van der Waals surface area contributed by atoms with Crippen LogP contribution in [-0.4, -0.2) is 31.9 Å². The summed E-state index contributed by atoms with van der Waals surface area (Å²) in [7, 11) is -2.89. The third kappa shape index (κ3) is 3.57. The maximum atomic E-state index is 12.2. The Morgan fingerprint density at radius 1 is 1.32 bits per heavy atom. The number of carbonyl (C=O) groups excluding carboxylic acids is 1. The molecular weight excluding hydrogens is 330 g/mol. The normalized spacial score (nSPS) is 19.1. The van der Waals surface area contributed by atoms with E-state index in [1.807, 2.05) is 19.1 Å². The van der Waals surface area contributed by atoms with Crippen molar-refractivity contribution < 1.29 is 13.2 Å². The van der Waals surface area contributed by atoms with Gasteiger partial charge in [0.1, 0.15) is 9.84 Å². The molecule has 1 fully saturated rings. The number of hydrogen-bond acceptors (Lipinski definition) is 3. The third-order valence-electron chi connectivity index (χ3n) is 3.33. The molecular formula is C13H16BrNO3S. The topological polar surface area (TPSA) is 63.2 Å². The fraction of sp³-hybridized carbons (Fsp3) is 0.462. The Hall–Kier alpha value is -0.880. The third-order valence-corrected chi connectivity index (χ3v) is 6.09. The minimum absolute atomic E-state index is 0.0524. The molecule has 0 bridgehead atoms. The second-order valence-corrected chi connectivity index (χ2v) is 7.93. The molecule has 104 valence electrons. The number of aryl methyl sites for hydroxylation is 1. The van der Waals surface area contributed by atoms with Crippen LogP contribution in [-0.2, 0) is 9.84 Å². The van der Waals surface area contributed by atoms with Gasteiger partial charge in [-0.05, 0) is 47.3 Å². The number of nitrogens with one attached hydrogen (secondary N) is 1. The molecule has 0 aromatic heterocycles. The Labute approximate surface area is 121 Å². The molecule has 0 atom stereocenters. The summed E-state index contributed by atoms with van der Waals surface area (Å²) in [6, 6.07) is 5.46. The Bertz CT molecular complexity index is 584. The van der Waals surface area contributed by atoms with Crippen LogP contribution < -0.4 is 5.32 Å². The fourth-order valence-electron chi connectivity index (χ4n) is 2.12. The fourth-order valence-corrected chi connectivity index (χ4v) is 4.06. The zero-order valence-electron chi connectivity index (χ0n) is 10.6. The van der Waals surface area contributed by atoms with Crippen LogP contribution in [0.25, 0.3) is 0 Å². The maximum absolute atomic E-state index is 12.2. The molecule has 0 spiro atoms. The molecule has 1 amide bonds. The molecule has 19 heavy (non-hydrogen) atoms. The van der Waals surface area contributed by atoms with E-state index in [2.05, 4.69) is 21.2 Å². The van der Waals surface area contributed by atoms with E-state index < -0.39 is 9.84 Å². The average molecular weight is 346 g/mol. The second kappa shape index (κ2) is 5.63. The zero-order chi connectivity index (χ0) is 14.0. The highest BCUT2D eigenvalue weighted by atomic mass is 79.9. The lowest BCUT2D eigenvalue weighted by atomic mass is 10.1. The summed E-state index contributed by atoms with van der Waals surface area (Å²) in [4.78, 5) is 12.2. The largest absolute Gasteiger partial charge is 0.349 e. The van der Waals surface area contributed by atoms with Crippen molar-refractivity contribution in [3.63, 3.8) is 0 Å². The minimum atomic E-state index is -2.89. The van der Waals surface area contributed by atoms with Gasteiger partial charge in [0, 0.05) is 10.5 Å². The second-order valence-electron chi connectivity index (χ2n) is 4.84. The van der Waals surface area contributed by atoms with Gasteiger partial charge >= 0.3 is 0 Å². The van der Waals surface area contributed by atoms with Gasteiger partial charge in [-0.25, -0.2) is 8.42 Å². The Morgan fingerprint density at radius 2 is 1.95 bits per heavy atom. The number of amides is 1. The number of hydrogen-bond donors (Lipinski definition) is 1. The lowest BCUT2D eigenvalue weighted by molar-refractivity contribution is 0.0933. The Morgan fingerprint density at radius 3 is 2.58 bits per heavy atom. The SMILES string of the molecule is Cc1cccc(C(=O)NC2CCS(=O)(=O)CC2)c1Br. The van der Waals surface area contributed by atoms with Gasteiger partial charge in [-0.3, -0.25) is 4.79 Å². The van der Waals surface area contributed by atoms with E-state index in [4.69, 9.17) is 0 Å². The minimum Gasteiger partial charge on any atom is -0.349 e. The summed E-state index contributed by atoms with van der Waals surface area (Å²) in [6.45, 7) is 1.92. The van der Waals surface area contributed by atoms with E-state index in [1.165, 1.54) is 0 Å². The first-order valence-electron chi connectivity index (χ1n) is 6.15. The first-order valence-corrected chi connectivity index (χ1v) is 8.77. The molecule has 6 heteroatoms. The molecule has 0 saturated carbocycles. The van der Waals surface area contributed by atoms with E-state index in [-0.39, 0.29) is 23.5 Å². The van der Waals surface area contributed by atoms with Crippen LogP contribution in [0.15, 0.2) is 22.7 Å². The van der Waals surface area contributed by atoms with Crippen molar-refractivity contribution in [1.29, 1.82) is 0 Å². The van der Waals surface area contributed by atoms with Gasteiger partial charge < -0.3 is 5.32 Å². The van der Waals surface area contributed by atoms with Crippen molar-refractivity contribution in [2.75, 3.05) is 11.5 Å². The van der Waals surface area contributed by atoms with Crippen LogP contribution in [0, 0.1) is 6.92 Å². The van der Waals surface area contributed by atoms with Crippen molar-refractivity contribution >= 4 is 31.7 Å². The summed E-state index contributed by atoms with van der Waals surface area (Å²) in [5.74, 6) is 0.166. The van der Waals surface area contributed by atoms with E-state index in [0.29, 0.717) is 18.4 Å². The van der Waals surface area contributed by atoms with Crippen molar-refractivity contribution in [2.24, 2.45) is 0 Å². The van der Waals surface area contributed by atoms with Gasteiger partial charge in [0.15, 0.2) is 0 Å². The number of halogens is 1. The molecule has 1 aromatic carbocycles. The number of benzene rings is 1. The molecule has 1 heterocycles. The van der Waals surface area contributed by atoms with Crippen LogP contribution in [0.4, 0.5) is 0 Å². The Balaban J connectivity index is 2.04. The van der Waals surface area contributed by atoms with Crippen molar-refractivity contribution in [3.8, 4) is 0 Å². The highest BCUT2D eigenvalue weighted by Crippen LogP contribution is 2.21. The van der Waals surface area contributed by atoms with Crippen LogP contribution in [0.5, 0.6) is 0 Å². The van der Waals surface area contributed by atoms with E-state index >= 15 is 0 Å². The number of sulfone groups is 1. The van der Waals surface area contributed by atoms with Gasteiger partial charge in [-0.2, -0.15) is 0 Å². The average Bonchev–Trinajstić information content (AvgIpc) is 2.35. The highest BCUT2D eigenvalue weighted by molar-refractivity contribution is 9.10. The predicted octanol–water partition coefficient (Wildman–Crippen LogP) is 2.06. The molecule has 1 aromatic rings. The molecule has 0 aliphatic carbocycles. The molecule has 4 nitrogen and oxygen atoms in total. The van der Waals surface area contributed by atoms with E-state index in [9.17, 15) is 13.2 Å². The lowest BCUT2D eigenvalue weighted by Gasteiger charge is -2.23. The van der Waals surface area contributed by atoms with Gasteiger partial charge in [-0.1, -0.05) is 12.1 Å². The van der Waals surface area contributed by atoms with Gasteiger partial charge in [0.25, 0.3) is 5.91 Å². The molecule has 0 radical (unpaired) electrons. The van der Waals surface area contributed by atoms with Crippen molar-refractivity contribution in [1.82, 2.24) is 5.32 Å². The summed E-state index contributed by atoms with van der Waals surface area (Å²) < 4.78 is 23.4. The van der Waals surface area contributed by atoms with Crippen LogP contribution in [0.3, 0.4) is 0 Å². The maximum Gasteiger partial charge on any atom is 0.252 e. The molecule has 1 aliphatic heterocycles. The standard InChI is InChI=1S/C13H16BrNO3S/c1-9-3-2-4-11(12(9)14)13(16)15-10-5-7-19(17,18)8-6-10/h2-4,10H,5-8H2,1H3,(H,15,16). The summed E-state index contributed by atoms with van der Waals surface area (Å²) in [5, 5.41) is 2.91. The van der Waals surface area contributed by atoms with Crippen LogP contribution in [0.2, 0.25) is 0 Å². The van der Waals surface area contributed by atoms with Crippen molar-refractivity contribution in [2.45, 2.75) is 25.8 Å². The smallest absolute Gasteiger partial charge is 0.252 e. The summed E-state index contributed by atoms with van der Waals surface area (Å²) in [5.41, 5.74) is 1.59. The molecule has 2 rings (SSSR count). The van der Waals surface area contributed by atoms with Gasteiger partial charge in [-0.15, -0.1) is 0 Å². The van der Waals surface area contributed by atoms with Gasteiger partial charge in [0.2, 0.25) is 0 Å². The van der Waals surface area contributed by atoms with Crippen LogP contribution in [0.1, 0.15) is 28.8 Å². The van der Waals surface area contributed by atoms with Gasteiger partial charge in [0.05, 0.1) is 17.1 Å². The highest BCUT2D eigenvalue weighted by Gasteiger charge is 2.25. The molecule has 0 unspecified atom stereocenters. The van der Waals surface area contributed by atoms with E-state index in [1.54, 1.807) is 6.07 Å². The lowest BCUT2D eigenvalue weighted by Crippen LogP contribution is -2.41. The first kappa shape index (κ1) is 14.5. The molecule has 1 aliphatic rings. The van der Waals surface area contributed by atoms with E-state index in [0.717, 1.165) is 10.0 Å². The molecule has 1 N–H and O–H groups in total. The predicted molar refractivity (Wildman–Crippen MR) is 78.0 cm³/mol. The van der Waals surface area contributed by atoms with Crippen LogP contribution >= 0.6 is 15.9 Å². The summed E-state index contributed by atoms with van der Waals surface area (Å²) in [6.07, 6.45) is 0.995. The first-order chi connectivity index (χ1) is 8.89. The molecule has 1 saturated heterocycles. The monoisotopic (exact) mass is 345 g/mol. The zero-order valence-corrected chi connectivity index (χ0v) is 13.1.